The lowest BCUT2D eigenvalue weighted by atomic mass is 9.84. The summed E-state index contributed by atoms with van der Waals surface area (Å²) < 4.78 is 0. The molecule has 1 atom stereocenters. The SMILES string of the molecule is CCC(C)(C)CC[C@H](C)O. The summed E-state index contributed by atoms with van der Waals surface area (Å²) in [5.74, 6) is 0. The Morgan fingerprint density at radius 2 is 1.90 bits per heavy atom. The molecule has 0 aromatic carbocycles. The van der Waals surface area contributed by atoms with Crippen LogP contribution in [0.1, 0.15) is 47.0 Å². The first-order chi connectivity index (χ1) is 4.48. The molecule has 1 N–H and O–H groups in total. The Morgan fingerprint density at radius 1 is 1.40 bits per heavy atom. The second-order valence-corrected chi connectivity index (χ2v) is 3.91. The van der Waals surface area contributed by atoms with Crippen LogP contribution in [0.4, 0.5) is 0 Å². The van der Waals surface area contributed by atoms with Crippen molar-refractivity contribution in [2.45, 2.75) is 53.1 Å². The van der Waals surface area contributed by atoms with Gasteiger partial charge in [-0.05, 0) is 25.2 Å². The number of aliphatic hydroxyl groups is 1. The van der Waals surface area contributed by atoms with Crippen LogP contribution in [-0.2, 0) is 0 Å². The van der Waals surface area contributed by atoms with Gasteiger partial charge in [-0.2, -0.15) is 0 Å². The predicted molar refractivity (Wildman–Crippen MR) is 45.0 cm³/mol. The van der Waals surface area contributed by atoms with Crippen LogP contribution in [0.2, 0.25) is 0 Å². The fourth-order valence-electron chi connectivity index (χ4n) is 0.776. The van der Waals surface area contributed by atoms with Crippen molar-refractivity contribution in [1.29, 1.82) is 0 Å². The standard InChI is InChI=1S/C9H20O/c1-5-9(3,4)7-6-8(2)10/h8,10H,5-7H2,1-4H3/t8-/m0/s1. The monoisotopic (exact) mass is 144 g/mol. The maximum absolute atomic E-state index is 9.01. The third kappa shape index (κ3) is 4.80. The van der Waals surface area contributed by atoms with E-state index in [1.165, 1.54) is 6.42 Å². The van der Waals surface area contributed by atoms with E-state index >= 15 is 0 Å². The lowest BCUT2D eigenvalue weighted by Crippen LogP contribution is -2.12. The van der Waals surface area contributed by atoms with Crippen molar-refractivity contribution < 1.29 is 5.11 Å². The highest BCUT2D eigenvalue weighted by Gasteiger charge is 2.14. The Hall–Kier alpha value is -0.0400. The van der Waals surface area contributed by atoms with Gasteiger partial charge in [0, 0.05) is 0 Å². The molecular formula is C9H20O. The molecule has 0 saturated heterocycles. The number of aliphatic hydroxyl groups excluding tert-OH is 1. The smallest absolute Gasteiger partial charge is 0.0512 e. The molecule has 0 unspecified atom stereocenters. The molecular weight excluding hydrogens is 124 g/mol. The molecule has 0 aromatic rings. The van der Waals surface area contributed by atoms with Crippen molar-refractivity contribution in [1.82, 2.24) is 0 Å². The average Bonchev–Trinajstić information content (AvgIpc) is 1.85. The first-order valence-electron chi connectivity index (χ1n) is 4.16. The minimum absolute atomic E-state index is 0.133. The topological polar surface area (TPSA) is 20.2 Å². The van der Waals surface area contributed by atoms with Gasteiger partial charge in [-0.25, -0.2) is 0 Å². The van der Waals surface area contributed by atoms with Crippen LogP contribution in [0.3, 0.4) is 0 Å². The molecule has 1 nitrogen and oxygen atoms in total. The van der Waals surface area contributed by atoms with Crippen LogP contribution in [0.15, 0.2) is 0 Å². The molecule has 0 radical (unpaired) electrons. The Labute approximate surface area is 64.5 Å². The molecule has 0 aromatic heterocycles. The van der Waals surface area contributed by atoms with Crippen LogP contribution in [0.25, 0.3) is 0 Å². The van der Waals surface area contributed by atoms with Gasteiger partial charge in [0.2, 0.25) is 0 Å². The van der Waals surface area contributed by atoms with Gasteiger partial charge in [0.1, 0.15) is 0 Å². The molecule has 0 heterocycles. The van der Waals surface area contributed by atoms with Crippen LogP contribution in [0.5, 0.6) is 0 Å². The summed E-state index contributed by atoms with van der Waals surface area (Å²) in [6.45, 7) is 8.54. The van der Waals surface area contributed by atoms with Crippen LogP contribution in [-0.4, -0.2) is 11.2 Å². The summed E-state index contributed by atoms with van der Waals surface area (Å²) in [6, 6.07) is 0. The van der Waals surface area contributed by atoms with Gasteiger partial charge >= 0.3 is 0 Å². The van der Waals surface area contributed by atoms with Crippen LogP contribution < -0.4 is 0 Å². The van der Waals surface area contributed by atoms with Crippen molar-refractivity contribution in [3.63, 3.8) is 0 Å². The highest BCUT2D eigenvalue weighted by Crippen LogP contribution is 2.26. The van der Waals surface area contributed by atoms with Crippen LogP contribution in [0, 0.1) is 5.41 Å². The van der Waals surface area contributed by atoms with E-state index in [4.69, 9.17) is 5.11 Å². The molecule has 0 spiro atoms. The average molecular weight is 144 g/mol. The minimum Gasteiger partial charge on any atom is -0.393 e. The van der Waals surface area contributed by atoms with Crippen molar-refractivity contribution in [2.24, 2.45) is 5.41 Å². The van der Waals surface area contributed by atoms with Crippen molar-refractivity contribution >= 4 is 0 Å². The zero-order chi connectivity index (χ0) is 8.20. The fraction of sp³-hybridized carbons (Fsp3) is 1.00. The lowest BCUT2D eigenvalue weighted by molar-refractivity contribution is 0.157. The molecule has 0 rings (SSSR count). The van der Waals surface area contributed by atoms with Crippen molar-refractivity contribution in [3.8, 4) is 0 Å². The molecule has 0 aliphatic carbocycles. The summed E-state index contributed by atoms with van der Waals surface area (Å²) in [6.07, 6.45) is 3.12. The van der Waals surface area contributed by atoms with Gasteiger partial charge in [0.15, 0.2) is 0 Å². The minimum atomic E-state index is -0.133. The second-order valence-electron chi connectivity index (χ2n) is 3.91. The molecule has 0 saturated carbocycles. The van der Waals surface area contributed by atoms with Gasteiger partial charge in [-0.1, -0.05) is 27.2 Å². The van der Waals surface area contributed by atoms with E-state index in [0.29, 0.717) is 5.41 Å². The van der Waals surface area contributed by atoms with Gasteiger partial charge in [0.25, 0.3) is 0 Å². The number of hydrogen-bond donors (Lipinski definition) is 1. The summed E-state index contributed by atoms with van der Waals surface area (Å²) in [5.41, 5.74) is 0.414. The molecule has 10 heavy (non-hydrogen) atoms. The van der Waals surface area contributed by atoms with Gasteiger partial charge in [-0.15, -0.1) is 0 Å². The summed E-state index contributed by atoms with van der Waals surface area (Å²) >= 11 is 0. The van der Waals surface area contributed by atoms with E-state index in [1.54, 1.807) is 0 Å². The van der Waals surface area contributed by atoms with E-state index in [-0.39, 0.29) is 6.10 Å². The quantitative estimate of drug-likeness (QED) is 0.643. The van der Waals surface area contributed by atoms with E-state index in [9.17, 15) is 0 Å². The zero-order valence-electron chi connectivity index (χ0n) is 7.65. The molecule has 0 aliphatic heterocycles. The Kier molecular flexibility index (Phi) is 3.95. The van der Waals surface area contributed by atoms with Crippen molar-refractivity contribution in [2.75, 3.05) is 0 Å². The van der Waals surface area contributed by atoms with E-state index < -0.39 is 0 Å². The fourth-order valence-corrected chi connectivity index (χ4v) is 0.776. The van der Waals surface area contributed by atoms with Gasteiger partial charge in [0.05, 0.1) is 6.10 Å². The third-order valence-corrected chi connectivity index (χ3v) is 2.20. The normalized spacial score (nSPS) is 15.3. The van der Waals surface area contributed by atoms with Crippen molar-refractivity contribution in [3.05, 3.63) is 0 Å². The zero-order valence-corrected chi connectivity index (χ0v) is 7.65. The summed E-state index contributed by atoms with van der Waals surface area (Å²) in [7, 11) is 0. The highest BCUT2D eigenvalue weighted by molar-refractivity contribution is 4.67. The van der Waals surface area contributed by atoms with E-state index in [1.807, 2.05) is 6.92 Å². The number of rotatable bonds is 4. The Morgan fingerprint density at radius 3 is 2.20 bits per heavy atom. The Bertz CT molecular complexity index is 84.7. The summed E-state index contributed by atoms with van der Waals surface area (Å²) in [4.78, 5) is 0. The first-order valence-corrected chi connectivity index (χ1v) is 4.16. The van der Waals surface area contributed by atoms with Gasteiger partial charge in [-0.3, -0.25) is 0 Å². The first kappa shape index (κ1) is 9.96. The molecule has 1 heteroatoms. The largest absolute Gasteiger partial charge is 0.393 e. The van der Waals surface area contributed by atoms with Crippen LogP contribution >= 0.6 is 0 Å². The van der Waals surface area contributed by atoms with Gasteiger partial charge < -0.3 is 5.11 Å². The molecule has 0 bridgehead atoms. The lowest BCUT2D eigenvalue weighted by Gasteiger charge is -2.22. The molecule has 0 fully saturated rings. The van der Waals surface area contributed by atoms with E-state index in [0.717, 1.165) is 12.8 Å². The molecule has 62 valence electrons. The number of hydrogen-bond acceptors (Lipinski definition) is 1. The Balaban J connectivity index is 3.46. The summed E-state index contributed by atoms with van der Waals surface area (Å²) in [5, 5.41) is 9.01. The molecule has 0 amide bonds. The molecule has 0 aliphatic rings. The second kappa shape index (κ2) is 3.97. The van der Waals surface area contributed by atoms with E-state index in [2.05, 4.69) is 20.8 Å². The third-order valence-electron chi connectivity index (χ3n) is 2.20. The maximum atomic E-state index is 9.01. The highest BCUT2D eigenvalue weighted by atomic mass is 16.3. The maximum Gasteiger partial charge on any atom is 0.0512 e. The predicted octanol–water partition coefficient (Wildman–Crippen LogP) is 2.58.